The minimum Gasteiger partial charge on any atom is -0.481 e. The van der Waals surface area contributed by atoms with Crippen molar-refractivity contribution in [2.75, 3.05) is 6.54 Å². The second-order valence-corrected chi connectivity index (χ2v) is 5.54. The summed E-state index contributed by atoms with van der Waals surface area (Å²) in [5, 5.41) is 8.75. The quantitative estimate of drug-likeness (QED) is 0.831. The lowest BCUT2D eigenvalue weighted by molar-refractivity contribution is -0.137. The van der Waals surface area contributed by atoms with Crippen LogP contribution in [0.1, 0.15) is 44.1 Å². The molecule has 1 saturated carbocycles. The van der Waals surface area contributed by atoms with Gasteiger partial charge in [0.2, 0.25) is 0 Å². The first kappa shape index (κ1) is 15.0. The predicted molar refractivity (Wildman–Crippen MR) is 75.9 cm³/mol. The van der Waals surface area contributed by atoms with Crippen LogP contribution in [-0.2, 0) is 11.3 Å². The van der Waals surface area contributed by atoms with Crippen molar-refractivity contribution in [3.05, 3.63) is 35.6 Å². The molecule has 3 nitrogen and oxygen atoms in total. The van der Waals surface area contributed by atoms with Gasteiger partial charge in [0.1, 0.15) is 5.82 Å². The first-order valence-electron chi connectivity index (χ1n) is 7.35. The highest BCUT2D eigenvalue weighted by Gasteiger charge is 2.22. The SMILES string of the molecule is O=C(O)CCCN(Cc1cccc(F)c1)C1CCCC1. The Labute approximate surface area is 119 Å². The van der Waals surface area contributed by atoms with Crippen molar-refractivity contribution in [3.63, 3.8) is 0 Å². The molecule has 20 heavy (non-hydrogen) atoms. The monoisotopic (exact) mass is 279 g/mol. The molecule has 0 atom stereocenters. The fourth-order valence-corrected chi connectivity index (χ4v) is 2.96. The van der Waals surface area contributed by atoms with Crippen LogP contribution in [0.3, 0.4) is 0 Å². The zero-order valence-corrected chi connectivity index (χ0v) is 11.7. The Morgan fingerprint density at radius 1 is 1.35 bits per heavy atom. The summed E-state index contributed by atoms with van der Waals surface area (Å²) in [5.74, 6) is -0.957. The maximum absolute atomic E-state index is 13.3. The fourth-order valence-electron chi connectivity index (χ4n) is 2.96. The lowest BCUT2D eigenvalue weighted by Crippen LogP contribution is -2.33. The Hall–Kier alpha value is -1.42. The molecule has 0 bridgehead atoms. The maximum Gasteiger partial charge on any atom is 0.303 e. The van der Waals surface area contributed by atoms with Crippen LogP contribution < -0.4 is 0 Å². The zero-order valence-electron chi connectivity index (χ0n) is 11.7. The third-order valence-electron chi connectivity index (χ3n) is 3.95. The van der Waals surface area contributed by atoms with Crippen molar-refractivity contribution in [3.8, 4) is 0 Å². The average Bonchev–Trinajstić information content (AvgIpc) is 2.91. The molecule has 110 valence electrons. The second kappa shape index (κ2) is 7.39. The summed E-state index contributed by atoms with van der Waals surface area (Å²) < 4.78 is 13.3. The summed E-state index contributed by atoms with van der Waals surface area (Å²) in [5.41, 5.74) is 0.965. The van der Waals surface area contributed by atoms with E-state index in [0.717, 1.165) is 12.1 Å². The normalized spacial score (nSPS) is 15.9. The molecule has 0 amide bonds. The predicted octanol–water partition coefficient (Wildman–Crippen LogP) is 3.44. The van der Waals surface area contributed by atoms with Crippen LogP contribution in [0.15, 0.2) is 24.3 Å². The van der Waals surface area contributed by atoms with E-state index in [-0.39, 0.29) is 12.2 Å². The van der Waals surface area contributed by atoms with Crippen molar-refractivity contribution >= 4 is 5.97 Å². The molecule has 4 heteroatoms. The lowest BCUT2D eigenvalue weighted by Gasteiger charge is -2.28. The average molecular weight is 279 g/mol. The highest BCUT2D eigenvalue weighted by atomic mass is 19.1. The maximum atomic E-state index is 13.3. The van der Waals surface area contributed by atoms with E-state index in [1.54, 1.807) is 12.1 Å². The molecule has 1 aliphatic rings. The fraction of sp³-hybridized carbons (Fsp3) is 0.562. The number of hydrogen-bond donors (Lipinski definition) is 1. The van der Waals surface area contributed by atoms with Crippen molar-refractivity contribution in [2.24, 2.45) is 0 Å². The van der Waals surface area contributed by atoms with Crippen molar-refractivity contribution in [1.82, 2.24) is 4.90 Å². The first-order valence-corrected chi connectivity index (χ1v) is 7.35. The molecule has 0 heterocycles. The molecule has 1 aromatic rings. The molecular weight excluding hydrogens is 257 g/mol. The summed E-state index contributed by atoms with van der Waals surface area (Å²) >= 11 is 0. The number of carbonyl (C=O) groups is 1. The first-order chi connectivity index (χ1) is 9.65. The molecule has 0 aromatic heterocycles. The van der Waals surface area contributed by atoms with Crippen molar-refractivity contribution in [1.29, 1.82) is 0 Å². The van der Waals surface area contributed by atoms with Gasteiger partial charge in [-0.15, -0.1) is 0 Å². The van der Waals surface area contributed by atoms with Crippen LogP contribution in [0.5, 0.6) is 0 Å². The number of hydrogen-bond acceptors (Lipinski definition) is 2. The zero-order chi connectivity index (χ0) is 14.4. The van der Waals surface area contributed by atoms with Crippen molar-refractivity contribution in [2.45, 2.75) is 51.1 Å². The largest absolute Gasteiger partial charge is 0.481 e. The van der Waals surface area contributed by atoms with Crippen molar-refractivity contribution < 1.29 is 14.3 Å². The van der Waals surface area contributed by atoms with Gasteiger partial charge in [-0.1, -0.05) is 25.0 Å². The number of nitrogens with zero attached hydrogens (tertiary/aromatic N) is 1. The van der Waals surface area contributed by atoms with Gasteiger partial charge in [-0.3, -0.25) is 9.69 Å². The van der Waals surface area contributed by atoms with E-state index < -0.39 is 5.97 Å². The van der Waals surface area contributed by atoms with Crippen LogP contribution in [-0.4, -0.2) is 28.6 Å². The summed E-state index contributed by atoms with van der Waals surface area (Å²) in [6.45, 7) is 1.48. The Kier molecular flexibility index (Phi) is 5.53. The Morgan fingerprint density at radius 2 is 2.10 bits per heavy atom. The summed E-state index contributed by atoms with van der Waals surface area (Å²) in [7, 11) is 0. The van der Waals surface area contributed by atoms with Crippen LogP contribution >= 0.6 is 0 Å². The third kappa shape index (κ3) is 4.60. The lowest BCUT2D eigenvalue weighted by atomic mass is 10.1. The van der Waals surface area contributed by atoms with E-state index in [0.29, 0.717) is 19.0 Å². The molecule has 1 aliphatic carbocycles. The standard InChI is InChI=1S/C16H22FNO2/c17-14-6-3-5-13(11-14)12-18(10-4-9-16(19)20)15-7-1-2-8-15/h3,5-6,11,15H,1-2,4,7-10,12H2,(H,19,20). The van der Waals surface area contributed by atoms with E-state index in [2.05, 4.69) is 4.90 Å². The number of carboxylic acids is 1. The molecule has 0 radical (unpaired) electrons. The highest BCUT2D eigenvalue weighted by molar-refractivity contribution is 5.66. The number of rotatable bonds is 7. The summed E-state index contributed by atoms with van der Waals surface area (Å²) in [6, 6.07) is 7.20. The minimum atomic E-state index is -0.748. The molecule has 0 unspecified atom stereocenters. The van der Waals surface area contributed by atoms with E-state index in [1.807, 2.05) is 6.07 Å². The molecule has 2 rings (SSSR count). The summed E-state index contributed by atoms with van der Waals surface area (Å²) in [4.78, 5) is 13.0. The molecule has 0 aliphatic heterocycles. The van der Waals surface area contributed by atoms with Gasteiger partial charge in [-0.25, -0.2) is 4.39 Å². The Morgan fingerprint density at radius 3 is 2.75 bits per heavy atom. The van der Waals surface area contributed by atoms with Gasteiger partial charge in [0.05, 0.1) is 0 Å². The van der Waals surface area contributed by atoms with Gasteiger partial charge in [0, 0.05) is 19.0 Å². The van der Waals surface area contributed by atoms with Crippen LogP contribution in [0, 0.1) is 5.82 Å². The Bertz CT molecular complexity index is 444. The van der Waals surface area contributed by atoms with E-state index in [4.69, 9.17) is 5.11 Å². The number of carboxylic acid groups (broad SMARTS) is 1. The topological polar surface area (TPSA) is 40.5 Å². The molecule has 0 spiro atoms. The highest BCUT2D eigenvalue weighted by Crippen LogP contribution is 2.25. The third-order valence-corrected chi connectivity index (χ3v) is 3.95. The number of halogens is 1. The smallest absolute Gasteiger partial charge is 0.303 e. The van der Waals surface area contributed by atoms with E-state index in [1.165, 1.54) is 31.7 Å². The van der Waals surface area contributed by atoms with Gasteiger partial charge >= 0.3 is 5.97 Å². The van der Waals surface area contributed by atoms with Gasteiger partial charge in [0.15, 0.2) is 0 Å². The summed E-state index contributed by atoms with van der Waals surface area (Å²) in [6.07, 6.45) is 5.67. The van der Waals surface area contributed by atoms with E-state index >= 15 is 0 Å². The number of aliphatic carboxylic acids is 1. The molecular formula is C16H22FNO2. The van der Waals surface area contributed by atoms with E-state index in [9.17, 15) is 9.18 Å². The van der Waals surface area contributed by atoms with Gasteiger partial charge in [-0.2, -0.15) is 0 Å². The Balaban J connectivity index is 1.96. The second-order valence-electron chi connectivity index (χ2n) is 5.54. The minimum absolute atomic E-state index is 0.201. The van der Waals surface area contributed by atoms with Gasteiger partial charge in [-0.05, 0) is 43.5 Å². The van der Waals surface area contributed by atoms with Crippen LogP contribution in [0.25, 0.3) is 0 Å². The van der Waals surface area contributed by atoms with Gasteiger partial charge < -0.3 is 5.11 Å². The molecule has 1 aromatic carbocycles. The van der Waals surface area contributed by atoms with Crippen LogP contribution in [0.4, 0.5) is 4.39 Å². The van der Waals surface area contributed by atoms with Gasteiger partial charge in [0.25, 0.3) is 0 Å². The molecule has 1 N–H and O–H groups in total. The number of benzene rings is 1. The molecule has 1 fully saturated rings. The van der Waals surface area contributed by atoms with Crippen LogP contribution in [0.2, 0.25) is 0 Å². The molecule has 0 saturated heterocycles.